The molecule has 1 atom stereocenters. The van der Waals surface area contributed by atoms with E-state index in [2.05, 4.69) is 15.5 Å². The summed E-state index contributed by atoms with van der Waals surface area (Å²) >= 11 is 0. The highest BCUT2D eigenvalue weighted by Gasteiger charge is 2.11. The van der Waals surface area contributed by atoms with Gasteiger partial charge in [-0.3, -0.25) is 9.89 Å². The lowest BCUT2D eigenvalue weighted by molar-refractivity contribution is -0.116. The zero-order chi connectivity index (χ0) is 13.0. The van der Waals surface area contributed by atoms with Crippen molar-refractivity contribution in [3.8, 4) is 0 Å². The molecule has 2 aromatic rings. The first kappa shape index (κ1) is 12.2. The topological polar surface area (TPSA) is 83.8 Å². The van der Waals surface area contributed by atoms with Crippen LogP contribution in [-0.2, 0) is 4.79 Å². The number of carbonyl (C=O) groups excluding carboxylic acids is 1. The van der Waals surface area contributed by atoms with E-state index in [1.165, 1.54) is 0 Å². The first-order valence-corrected chi connectivity index (χ1v) is 5.79. The van der Waals surface area contributed by atoms with E-state index in [1.54, 1.807) is 12.4 Å². The lowest BCUT2D eigenvalue weighted by Crippen LogP contribution is -2.14. The van der Waals surface area contributed by atoms with Gasteiger partial charge in [-0.15, -0.1) is 0 Å². The van der Waals surface area contributed by atoms with E-state index in [0.29, 0.717) is 12.1 Å². The van der Waals surface area contributed by atoms with Crippen molar-refractivity contribution in [3.63, 3.8) is 0 Å². The third-order valence-electron chi connectivity index (χ3n) is 2.78. The second-order valence-electron chi connectivity index (χ2n) is 4.31. The van der Waals surface area contributed by atoms with Gasteiger partial charge in [0.2, 0.25) is 5.91 Å². The van der Waals surface area contributed by atoms with Crippen molar-refractivity contribution in [1.82, 2.24) is 10.2 Å². The van der Waals surface area contributed by atoms with Crippen LogP contribution in [0, 0.1) is 0 Å². The molecule has 0 aliphatic carbocycles. The van der Waals surface area contributed by atoms with Crippen molar-refractivity contribution in [3.05, 3.63) is 42.2 Å². The molecule has 1 unspecified atom stereocenters. The van der Waals surface area contributed by atoms with Gasteiger partial charge >= 0.3 is 0 Å². The second kappa shape index (κ2) is 5.35. The minimum Gasteiger partial charge on any atom is -0.399 e. The van der Waals surface area contributed by atoms with Crippen molar-refractivity contribution in [2.75, 3.05) is 11.1 Å². The van der Waals surface area contributed by atoms with Crippen molar-refractivity contribution >= 4 is 17.3 Å². The first-order chi connectivity index (χ1) is 8.65. The summed E-state index contributed by atoms with van der Waals surface area (Å²) in [7, 11) is 0. The van der Waals surface area contributed by atoms with Crippen LogP contribution in [0.2, 0.25) is 0 Å². The minimum absolute atomic E-state index is 0.0271. The standard InChI is InChI=1S/C13H16N4O/c1-9(10-2-4-11(14)5-3-10)6-13(18)17-12-7-15-16-8-12/h2-5,7-9H,6,14H2,1H3,(H,15,16)(H,17,18). The zero-order valence-corrected chi connectivity index (χ0v) is 10.2. The third kappa shape index (κ3) is 3.10. The summed E-state index contributed by atoms with van der Waals surface area (Å²) in [4.78, 5) is 11.8. The van der Waals surface area contributed by atoms with Crippen molar-refractivity contribution in [2.45, 2.75) is 19.3 Å². The average molecular weight is 244 g/mol. The van der Waals surface area contributed by atoms with E-state index >= 15 is 0 Å². The Balaban J connectivity index is 1.92. The predicted octanol–water partition coefficient (Wildman–Crippen LogP) is 2.12. The normalized spacial score (nSPS) is 12.1. The van der Waals surface area contributed by atoms with E-state index in [0.717, 1.165) is 11.3 Å². The van der Waals surface area contributed by atoms with Gasteiger partial charge in [-0.2, -0.15) is 5.10 Å². The lowest BCUT2D eigenvalue weighted by Gasteiger charge is -2.11. The third-order valence-corrected chi connectivity index (χ3v) is 2.78. The molecule has 5 heteroatoms. The number of nitrogen functional groups attached to an aromatic ring is 1. The van der Waals surface area contributed by atoms with Crippen molar-refractivity contribution < 1.29 is 4.79 Å². The van der Waals surface area contributed by atoms with Gasteiger partial charge < -0.3 is 11.1 Å². The molecule has 1 heterocycles. The number of nitrogens with two attached hydrogens (primary N) is 1. The van der Waals surface area contributed by atoms with Crippen LogP contribution in [0.1, 0.15) is 24.8 Å². The maximum Gasteiger partial charge on any atom is 0.225 e. The Hall–Kier alpha value is -2.30. The van der Waals surface area contributed by atoms with Crippen molar-refractivity contribution in [1.29, 1.82) is 0 Å². The summed E-state index contributed by atoms with van der Waals surface area (Å²) in [5.74, 6) is 0.123. The van der Waals surface area contributed by atoms with Gasteiger partial charge in [0.15, 0.2) is 0 Å². The van der Waals surface area contributed by atoms with Gasteiger partial charge in [-0.25, -0.2) is 0 Å². The van der Waals surface area contributed by atoms with Crippen LogP contribution >= 0.6 is 0 Å². The Labute approximate surface area is 105 Å². The predicted molar refractivity (Wildman–Crippen MR) is 71.1 cm³/mol. The fourth-order valence-corrected chi connectivity index (χ4v) is 1.75. The summed E-state index contributed by atoms with van der Waals surface area (Å²) in [6, 6.07) is 7.59. The maximum atomic E-state index is 11.8. The van der Waals surface area contributed by atoms with E-state index in [1.807, 2.05) is 31.2 Å². The van der Waals surface area contributed by atoms with Crippen molar-refractivity contribution in [2.24, 2.45) is 0 Å². The van der Waals surface area contributed by atoms with Crippen LogP contribution in [0.25, 0.3) is 0 Å². The van der Waals surface area contributed by atoms with E-state index in [9.17, 15) is 4.79 Å². The number of benzene rings is 1. The van der Waals surface area contributed by atoms with Gasteiger partial charge in [0.05, 0.1) is 11.9 Å². The molecule has 0 saturated carbocycles. The number of nitrogens with zero attached hydrogens (tertiary/aromatic N) is 1. The number of H-pyrrole nitrogens is 1. The zero-order valence-electron chi connectivity index (χ0n) is 10.2. The number of aromatic nitrogens is 2. The van der Waals surface area contributed by atoms with Crippen LogP contribution in [0.15, 0.2) is 36.7 Å². The number of nitrogens with one attached hydrogen (secondary N) is 2. The molecular weight excluding hydrogens is 228 g/mol. The molecule has 0 aliphatic rings. The molecule has 0 spiro atoms. The first-order valence-electron chi connectivity index (χ1n) is 5.79. The molecule has 1 aromatic heterocycles. The number of anilines is 2. The van der Waals surface area contributed by atoms with Gasteiger partial charge in [-0.1, -0.05) is 19.1 Å². The second-order valence-corrected chi connectivity index (χ2v) is 4.31. The Morgan fingerprint density at radius 2 is 2.17 bits per heavy atom. The largest absolute Gasteiger partial charge is 0.399 e. The van der Waals surface area contributed by atoms with Gasteiger partial charge in [0, 0.05) is 18.3 Å². The Morgan fingerprint density at radius 3 is 2.78 bits per heavy atom. The summed E-state index contributed by atoms with van der Waals surface area (Å²) in [5.41, 5.74) is 8.15. The molecule has 0 aliphatic heterocycles. The molecule has 0 saturated heterocycles. The molecule has 94 valence electrons. The number of amides is 1. The van der Waals surface area contributed by atoms with E-state index < -0.39 is 0 Å². The quantitative estimate of drug-likeness (QED) is 0.720. The van der Waals surface area contributed by atoms with Crippen LogP contribution in [0.4, 0.5) is 11.4 Å². The average Bonchev–Trinajstić information content (AvgIpc) is 2.82. The molecule has 1 amide bonds. The Kier molecular flexibility index (Phi) is 3.62. The number of hydrogen-bond acceptors (Lipinski definition) is 3. The Bertz CT molecular complexity index is 504. The molecule has 18 heavy (non-hydrogen) atoms. The number of hydrogen-bond donors (Lipinski definition) is 3. The molecule has 2 rings (SSSR count). The van der Waals surface area contributed by atoms with E-state index in [-0.39, 0.29) is 11.8 Å². The van der Waals surface area contributed by atoms with Crippen LogP contribution < -0.4 is 11.1 Å². The van der Waals surface area contributed by atoms with Crippen LogP contribution in [0.5, 0.6) is 0 Å². The minimum atomic E-state index is -0.0271. The molecular formula is C13H16N4O. The van der Waals surface area contributed by atoms with Gasteiger partial charge in [0.1, 0.15) is 0 Å². The monoisotopic (exact) mass is 244 g/mol. The highest BCUT2D eigenvalue weighted by molar-refractivity contribution is 5.90. The molecule has 1 aromatic carbocycles. The molecule has 0 bridgehead atoms. The molecule has 0 radical (unpaired) electrons. The number of aromatic amines is 1. The maximum absolute atomic E-state index is 11.8. The summed E-state index contributed by atoms with van der Waals surface area (Å²) in [5, 5.41) is 9.19. The van der Waals surface area contributed by atoms with Crippen LogP contribution in [0.3, 0.4) is 0 Å². The molecule has 5 nitrogen and oxygen atoms in total. The van der Waals surface area contributed by atoms with E-state index in [4.69, 9.17) is 5.73 Å². The smallest absolute Gasteiger partial charge is 0.225 e. The number of carbonyl (C=O) groups is 1. The number of rotatable bonds is 4. The van der Waals surface area contributed by atoms with Gasteiger partial charge in [0.25, 0.3) is 0 Å². The van der Waals surface area contributed by atoms with Gasteiger partial charge in [-0.05, 0) is 23.6 Å². The Morgan fingerprint density at radius 1 is 1.44 bits per heavy atom. The molecule has 4 N–H and O–H groups in total. The summed E-state index contributed by atoms with van der Waals surface area (Å²) in [6.07, 6.45) is 3.65. The fraction of sp³-hybridized carbons (Fsp3) is 0.231. The SMILES string of the molecule is CC(CC(=O)Nc1cn[nH]c1)c1ccc(N)cc1. The highest BCUT2D eigenvalue weighted by Crippen LogP contribution is 2.20. The fourth-order valence-electron chi connectivity index (χ4n) is 1.75. The summed E-state index contributed by atoms with van der Waals surface area (Å²) in [6.45, 7) is 2.01. The highest BCUT2D eigenvalue weighted by atomic mass is 16.1. The summed E-state index contributed by atoms with van der Waals surface area (Å²) < 4.78 is 0. The molecule has 0 fully saturated rings. The lowest BCUT2D eigenvalue weighted by atomic mass is 9.97. The van der Waals surface area contributed by atoms with Crippen LogP contribution in [-0.4, -0.2) is 16.1 Å².